The Morgan fingerprint density at radius 3 is 2.34 bits per heavy atom. The summed E-state index contributed by atoms with van der Waals surface area (Å²) in [6.45, 7) is 5.30. The Morgan fingerprint density at radius 1 is 0.951 bits per heavy atom. The SMILES string of the molecule is O=C([C@@H]1C[NH2+]C[C@]12CCCc1[nH+]c([NH+]3CCCC3)sc12)N1CC[C@@H](c2ccccc2)C[C@H]1c1ccccc1.[Cl-].[Cl-].[Cl-]. The molecule has 0 saturated carbocycles. The standard InChI is InChI=1S/C32H38N4OS.3ClH/c37-30(36-19-15-25(23-10-3-1-4-11-23)20-28(36)24-12-5-2-6-13-24)26-21-33-22-32(26)16-9-14-27-29(32)38-31(34-27)35-17-7-8-18-35;;;/h1-6,10-13,25-26,28,33H,7-9,14-22H2;3*1H/t25-,26+,28+,32-;;;/m1.../s1. The van der Waals surface area contributed by atoms with Crippen LogP contribution in [-0.4, -0.2) is 43.5 Å². The lowest BCUT2D eigenvalue weighted by atomic mass is 9.68. The maximum absolute atomic E-state index is 14.7. The van der Waals surface area contributed by atoms with Crippen LogP contribution in [0.3, 0.4) is 0 Å². The summed E-state index contributed by atoms with van der Waals surface area (Å²) in [4.78, 5) is 24.0. The minimum absolute atomic E-state index is 0. The summed E-state index contributed by atoms with van der Waals surface area (Å²) < 4.78 is 0. The molecule has 9 heteroatoms. The maximum atomic E-state index is 14.7. The van der Waals surface area contributed by atoms with Gasteiger partial charge in [-0.2, -0.15) is 4.98 Å². The third-order valence-electron chi connectivity index (χ3n) is 9.99. The predicted octanol–water partition coefficient (Wildman–Crippen LogP) is -6.20. The normalized spacial score (nSPS) is 27.4. The van der Waals surface area contributed by atoms with Crippen molar-refractivity contribution in [2.75, 3.05) is 32.7 Å². The van der Waals surface area contributed by atoms with Crippen molar-refractivity contribution in [1.29, 1.82) is 0 Å². The molecule has 1 amide bonds. The summed E-state index contributed by atoms with van der Waals surface area (Å²) in [5.41, 5.74) is 4.12. The summed E-state index contributed by atoms with van der Waals surface area (Å²) in [5, 5.41) is 3.85. The molecule has 4 heterocycles. The summed E-state index contributed by atoms with van der Waals surface area (Å²) >= 11 is 2.01. The van der Waals surface area contributed by atoms with Crippen molar-refractivity contribution in [2.24, 2.45) is 5.92 Å². The molecule has 5 nitrogen and oxygen atoms in total. The van der Waals surface area contributed by atoms with E-state index in [0.29, 0.717) is 11.8 Å². The molecule has 0 unspecified atom stereocenters. The number of fused-ring (bicyclic) bond motifs is 2. The highest BCUT2D eigenvalue weighted by Gasteiger charge is 2.58. The number of amides is 1. The number of hydrogen-bond acceptors (Lipinski definition) is 2. The number of nitrogens with zero attached hydrogens (tertiary/aromatic N) is 1. The van der Waals surface area contributed by atoms with Gasteiger partial charge in [0.15, 0.2) is 5.69 Å². The molecule has 3 aromatic rings. The van der Waals surface area contributed by atoms with Crippen LogP contribution < -0.4 is 52.4 Å². The van der Waals surface area contributed by atoms with Crippen molar-refractivity contribution in [3.05, 3.63) is 82.4 Å². The number of aromatic nitrogens is 1. The Balaban J connectivity index is 0.00000129. The van der Waals surface area contributed by atoms with Gasteiger partial charge in [0, 0.05) is 25.8 Å². The number of halogens is 3. The van der Waals surface area contributed by atoms with Gasteiger partial charge in [-0.3, -0.25) is 4.79 Å². The number of rotatable bonds is 4. The quantitative estimate of drug-likeness (QED) is 0.295. The number of thiazole rings is 1. The number of benzene rings is 2. The second-order valence-electron chi connectivity index (χ2n) is 12.1. The minimum atomic E-state index is -0.0131. The Kier molecular flexibility index (Phi) is 10.8. The van der Waals surface area contributed by atoms with Crippen LogP contribution in [0.25, 0.3) is 0 Å². The van der Waals surface area contributed by atoms with Crippen molar-refractivity contribution in [3.63, 3.8) is 0 Å². The van der Waals surface area contributed by atoms with E-state index in [1.165, 1.54) is 59.2 Å². The van der Waals surface area contributed by atoms with Crippen molar-refractivity contribution < 1.29 is 57.2 Å². The van der Waals surface area contributed by atoms with Crippen molar-refractivity contribution >= 4 is 22.4 Å². The first-order chi connectivity index (χ1) is 18.7. The van der Waals surface area contributed by atoms with Gasteiger partial charge in [0.2, 0.25) is 5.91 Å². The zero-order valence-electron chi connectivity index (χ0n) is 23.5. The van der Waals surface area contributed by atoms with Crippen LogP contribution in [-0.2, 0) is 16.6 Å². The van der Waals surface area contributed by atoms with Gasteiger partial charge in [0.1, 0.15) is 5.92 Å². The first-order valence-electron chi connectivity index (χ1n) is 14.9. The second kappa shape index (κ2) is 13.7. The molecule has 1 spiro atoms. The summed E-state index contributed by atoms with van der Waals surface area (Å²) in [6, 6.07) is 21.9. The van der Waals surface area contributed by atoms with Gasteiger partial charge >= 0.3 is 5.13 Å². The van der Waals surface area contributed by atoms with E-state index in [0.717, 1.165) is 45.3 Å². The number of aryl methyl sites for hydroxylation is 1. The molecular weight excluding hydrogens is 595 g/mol. The lowest BCUT2D eigenvalue weighted by Gasteiger charge is -2.43. The third kappa shape index (κ3) is 5.93. The Morgan fingerprint density at radius 2 is 1.63 bits per heavy atom. The van der Waals surface area contributed by atoms with Gasteiger partial charge in [0.05, 0.1) is 42.5 Å². The molecule has 3 aliphatic heterocycles. The number of hydrogen-bond donors (Lipinski definition) is 2. The fourth-order valence-electron chi connectivity index (χ4n) is 8.03. The highest BCUT2D eigenvalue weighted by molar-refractivity contribution is 7.14. The molecule has 1 aliphatic carbocycles. The molecule has 41 heavy (non-hydrogen) atoms. The van der Waals surface area contributed by atoms with E-state index in [4.69, 9.17) is 0 Å². The van der Waals surface area contributed by atoms with E-state index in [1.54, 1.807) is 4.90 Å². The molecule has 1 aromatic heterocycles. The van der Waals surface area contributed by atoms with E-state index >= 15 is 0 Å². The zero-order chi connectivity index (χ0) is 25.5. The first-order valence-corrected chi connectivity index (χ1v) is 15.7. The molecule has 0 bridgehead atoms. The van der Waals surface area contributed by atoms with E-state index in [9.17, 15) is 4.79 Å². The summed E-state index contributed by atoms with van der Waals surface area (Å²) in [6.07, 6.45) is 8.16. The molecule has 4 atom stereocenters. The van der Waals surface area contributed by atoms with Crippen LogP contribution in [0.5, 0.6) is 0 Å². The van der Waals surface area contributed by atoms with Crippen LogP contribution in [0.1, 0.15) is 72.2 Å². The van der Waals surface area contributed by atoms with Gasteiger partial charge < -0.3 is 47.4 Å². The van der Waals surface area contributed by atoms with E-state index in [-0.39, 0.29) is 54.6 Å². The number of carbonyl (C=O) groups excluding carboxylic acids is 1. The van der Waals surface area contributed by atoms with Gasteiger partial charge in [0.25, 0.3) is 0 Å². The van der Waals surface area contributed by atoms with Gasteiger partial charge in [-0.15, -0.1) is 0 Å². The number of nitrogens with one attached hydrogen (secondary N) is 2. The third-order valence-corrected chi connectivity index (χ3v) is 11.4. The molecule has 0 radical (unpaired) electrons. The summed E-state index contributed by atoms with van der Waals surface area (Å²) in [5.74, 6) is 0.957. The fourth-order valence-corrected chi connectivity index (χ4v) is 9.57. The molecule has 7 rings (SSSR count). The number of carbonyl (C=O) groups is 1. The topological polar surface area (TPSA) is 55.5 Å². The highest BCUT2D eigenvalue weighted by atomic mass is 35.5. The lowest BCUT2D eigenvalue weighted by Crippen LogP contribution is -3.05. The van der Waals surface area contributed by atoms with Crippen molar-refractivity contribution in [3.8, 4) is 0 Å². The molecule has 222 valence electrons. The molecular formula is C32H41Cl3N4OS. The monoisotopic (exact) mass is 634 g/mol. The van der Waals surface area contributed by atoms with E-state index in [2.05, 4.69) is 75.9 Å². The van der Waals surface area contributed by atoms with Gasteiger partial charge in [-0.25, -0.2) is 4.90 Å². The molecule has 3 saturated heterocycles. The molecule has 4 N–H and O–H groups in total. The second-order valence-corrected chi connectivity index (χ2v) is 13.1. The molecule has 2 aromatic carbocycles. The molecule has 4 aliphatic rings. The van der Waals surface area contributed by atoms with Crippen LogP contribution in [0.15, 0.2) is 60.7 Å². The minimum Gasteiger partial charge on any atom is -1.00 e. The van der Waals surface area contributed by atoms with Crippen molar-refractivity contribution in [1.82, 2.24) is 4.90 Å². The largest absolute Gasteiger partial charge is 1.00 e. The predicted molar refractivity (Wildman–Crippen MR) is 150 cm³/mol. The first kappa shape index (κ1) is 32.2. The average Bonchev–Trinajstić information content (AvgIpc) is 3.74. The lowest BCUT2D eigenvalue weighted by molar-refractivity contribution is -0.851. The smallest absolute Gasteiger partial charge is 0.427 e. The van der Waals surface area contributed by atoms with Crippen LogP contribution in [0, 0.1) is 5.92 Å². The maximum Gasteiger partial charge on any atom is 0.427 e. The van der Waals surface area contributed by atoms with Crippen LogP contribution >= 0.6 is 11.3 Å². The Hall–Kier alpha value is -1.67. The summed E-state index contributed by atoms with van der Waals surface area (Å²) in [7, 11) is 0. The fraction of sp³-hybridized carbons (Fsp3) is 0.500. The number of piperidine rings is 1. The highest BCUT2D eigenvalue weighted by Crippen LogP contribution is 2.48. The van der Waals surface area contributed by atoms with Gasteiger partial charge in [-0.1, -0.05) is 60.7 Å². The van der Waals surface area contributed by atoms with Crippen LogP contribution in [0.4, 0.5) is 5.13 Å². The van der Waals surface area contributed by atoms with Crippen LogP contribution in [0.2, 0.25) is 0 Å². The van der Waals surface area contributed by atoms with E-state index < -0.39 is 0 Å². The number of H-pyrrole nitrogens is 1. The average molecular weight is 636 g/mol. The number of nitrogens with two attached hydrogens (primary N) is 1. The Labute approximate surface area is 266 Å². The number of likely N-dealkylation sites (tertiary alicyclic amines) is 1. The van der Waals surface area contributed by atoms with Crippen molar-refractivity contribution in [2.45, 2.75) is 62.3 Å². The zero-order valence-corrected chi connectivity index (χ0v) is 26.6. The van der Waals surface area contributed by atoms with E-state index in [1.807, 2.05) is 11.3 Å². The number of quaternary nitrogens is 2. The Bertz CT molecular complexity index is 1290. The van der Waals surface area contributed by atoms with Gasteiger partial charge in [-0.05, 0) is 54.1 Å². The number of aromatic amines is 1. The molecule has 3 fully saturated rings.